The van der Waals surface area contributed by atoms with Gasteiger partial charge >= 0.3 is 0 Å². The van der Waals surface area contributed by atoms with Crippen LogP contribution in [0.15, 0.2) is 69.9 Å². The van der Waals surface area contributed by atoms with E-state index in [0.29, 0.717) is 22.0 Å². The molecule has 0 aliphatic heterocycles. The van der Waals surface area contributed by atoms with E-state index in [-0.39, 0.29) is 15.6 Å². The number of sulfone groups is 1. The summed E-state index contributed by atoms with van der Waals surface area (Å²) < 4.78 is 42.0. The molecule has 0 spiro atoms. The molecule has 11 heteroatoms. The number of rotatable bonds is 4. The predicted molar refractivity (Wildman–Crippen MR) is 113 cm³/mol. The molecule has 0 fully saturated rings. The molecule has 7 nitrogen and oxygen atoms in total. The van der Waals surface area contributed by atoms with Gasteiger partial charge in [0.2, 0.25) is 14.9 Å². The molecular formula is C19H11ClFN5O2S2. The lowest BCUT2D eigenvalue weighted by Gasteiger charge is -2.08. The molecule has 3 aromatic heterocycles. The van der Waals surface area contributed by atoms with Crippen molar-refractivity contribution in [2.75, 3.05) is 5.32 Å². The Bertz CT molecular complexity index is 1510. The molecular weight excluding hydrogens is 449 g/mol. The number of nitrogens with one attached hydrogen (secondary N) is 1. The second-order valence-electron chi connectivity index (χ2n) is 6.32. The lowest BCUT2D eigenvalue weighted by atomic mass is 10.3. The molecule has 150 valence electrons. The Morgan fingerprint density at radius 3 is 2.67 bits per heavy atom. The van der Waals surface area contributed by atoms with Crippen molar-refractivity contribution < 1.29 is 12.8 Å². The van der Waals surface area contributed by atoms with Crippen LogP contribution in [0.25, 0.3) is 15.9 Å². The molecule has 2 aromatic carbocycles. The first-order valence-electron chi connectivity index (χ1n) is 8.59. The standard InChI is InChI=1S/C19H11ClFN5O2S2/c20-11-4-6-14(7-5-11)30(27,28)19-18-23-17(22-13-3-1-2-12(21)10-13)16-15(8-9-29-16)26(18)25-24-19/h1-10H,(H,22,23). The van der Waals surface area contributed by atoms with Crippen molar-refractivity contribution in [1.82, 2.24) is 19.8 Å². The molecule has 5 rings (SSSR count). The van der Waals surface area contributed by atoms with Crippen molar-refractivity contribution in [2.45, 2.75) is 9.92 Å². The molecule has 5 aromatic rings. The van der Waals surface area contributed by atoms with Gasteiger partial charge in [-0.05, 0) is 53.9 Å². The van der Waals surface area contributed by atoms with Crippen LogP contribution in [0.3, 0.4) is 0 Å². The maximum absolute atomic E-state index is 13.6. The number of hydrogen-bond acceptors (Lipinski definition) is 7. The fraction of sp³-hybridized carbons (Fsp3) is 0. The van der Waals surface area contributed by atoms with Crippen molar-refractivity contribution in [3.05, 3.63) is 70.8 Å². The zero-order valence-electron chi connectivity index (χ0n) is 15.0. The van der Waals surface area contributed by atoms with Crippen LogP contribution in [0.4, 0.5) is 15.9 Å². The zero-order chi connectivity index (χ0) is 20.9. The number of thiophene rings is 1. The van der Waals surface area contributed by atoms with Crippen LogP contribution in [-0.2, 0) is 9.84 Å². The third kappa shape index (κ3) is 3.09. The summed E-state index contributed by atoms with van der Waals surface area (Å²) in [5.41, 5.74) is 1.18. The van der Waals surface area contributed by atoms with Crippen molar-refractivity contribution in [1.29, 1.82) is 0 Å². The molecule has 0 atom stereocenters. The van der Waals surface area contributed by atoms with Crippen molar-refractivity contribution in [3.63, 3.8) is 0 Å². The van der Waals surface area contributed by atoms with Crippen LogP contribution < -0.4 is 5.32 Å². The van der Waals surface area contributed by atoms with Gasteiger partial charge in [-0.1, -0.05) is 22.9 Å². The van der Waals surface area contributed by atoms with E-state index < -0.39 is 15.7 Å². The third-order valence-corrected chi connectivity index (χ3v) is 7.22. The van der Waals surface area contributed by atoms with E-state index in [1.165, 1.54) is 52.3 Å². The van der Waals surface area contributed by atoms with Crippen LogP contribution in [0.5, 0.6) is 0 Å². The highest BCUT2D eigenvalue weighted by Gasteiger charge is 2.27. The number of halogens is 2. The molecule has 0 saturated carbocycles. The average Bonchev–Trinajstić information content (AvgIpc) is 3.35. The fourth-order valence-corrected chi connectivity index (χ4v) is 5.19. The van der Waals surface area contributed by atoms with Gasteiger partial charge in [0.15, 0.2) is 11.5 Å². The Morgan fingerprint density at radius 2 is 1.90 bits per heavy atom. The van der Waals surface area contributed by atoms with Gasteiger partial charge in [-0.25, -0.2) is 17.8 Å². The van der Waals surface area contributed by atoms with Crippen molar-refractivity contribution >= 4 is 60.1 Å². The number of aromatic nitrogens is 4. The Kier molecular flexibility index (Phi) is 4.42. The van der Waals surface area contributed by atoms with E-state index in [4.69, 9.17) is 11.6 Å². The predicted octanol–water partition coefficient (Wildman–Crippen LogP) is 4.71. The van der Waals surface area contributed by atoms with E-state index in [2.05, 4.69) is 20.6 Å². The molecule has 0 amide bonds. The Morgan fingerprint density at radius 1 is 1.10 bits per heavy atom. The summed E-state index contributed by atoms with van der Waals surface area (Å²) in [6.07, 6.45) is 0. The van der Waals surface area contributed by atoms with E-state index in [1.54, 1.807) is 18.2 Å². The first-order valence-corrected chi connectivity index (χ1v) is 11.3. The molecule has 0 bridgehead atoms. The summed E-state index contributed by atoms with van der Waals surface area (Å²) in [5, 5.41) is 12.9. The zero-order valence-corrected chi connectivity index (χ0v) is 17.3. The number of hydrogen-bond donors (Lipinski definition) is 1. The number of anilines is 2. The summed E-state index contributed by atoms with van der Waals surface area (Å²) in [4.78, 5) is 4.51. The lowest BCUT2D eigenvalue weighted by molar-refractivity contribution is 0.592. The summed E-state index contributed by atoms with van der Waals surface area (Å²) in [6.45, 7) is 0. The van der Waals surface area contributed by atoms with Gasteiger partial charge in [0, 0.05) is 10.7 Å². The summed E-state index contributed by atoms with van der Waals surface area (Å²) in [5.74, 6) is -0.0199. The average molecular weight is 460 g/mol. The van der Waals surface area contributed by atoms with E-state index in [1.807, 2.05) is 5.38 Å². The third-order valence-electron chi connectivity index (χ3n) is 4.39. The van der Waals surface area contributed by atoms with E-state index >= 15 is 0 Å². The number of benzene rings is 2. The summed E-state index contributed by atoms with van der Waals surface area (Å²) >= 11 is 7.27. The minimum atomic E-state index is -3.99. The highest BCUT2D eigenvalue weighted by molar-refractivity contribution is 7.91. The van der Waals surface area contributed by atoms with Crippen LogP contribution in [0.2, 0.25) is 5.02 Å². The minimum absolute atomic E-state index is 0.0288. The van der Waals surface area contributed by atoms with Gasteiger partial charge in [0.05, 0.1) is 15.1 Å². The van der Waals surface area contributed by atoms with Crippen LogP contribution in [0.1, 0.15) is 0 Å². The topological polar surface area (TPSA) is 89.2 Å². The summed E-state index contributed by atoms with van der Waals surface area (Å²) in [6, 6.07) is 13.5. The fourth-order valence-electron chi connectivity index (χ4n) is 3.01. The van der Waals surface area contributed by atoms with Gasteiger partial charge < -0.3 is 5.32 Å². The summed E-state index contributed by atoms with van der Waals surface area (Å²) in [7, 11) is -3.99. The number of nitrogens with zero attached hydrogens (tertiary/aromatic N) is 4. The first kappa shape index (κ1) is 18.9. The van der Waals surface area contributed by atoms with E-state index in [9.17, 15) is 12.8 Å². The Hall–Kier alpha value is -3.08. The minimum Gasteiger partial charge on any atom is -0.339 e. The maximum Gasteiger partial charge on any atom is 0.229 e. The van der Waals surface area contributed by atoms with Crippen LogP contribution in [0, 0.1) is 5.82 Å². The van der Waals surface area contributed by atoms with Crippen LogP contribution >= 0.6 is 22.9 Å². The molecule has 30 heavy (non-hydrogen) atoms. The quantitative estimate of drug-likeness (QED) is 0.418. The molecule has 0 radical (unpaired) electrons. The maximum atomic E-state index is 13.6. The van der Waals surface area contributed by atoms with Gasteiger partial charge in [-0.15, -0.1) is 16.4 Å². The second-order valence-corrected chi connectivity index (χ2v) is 9.54. The molecule has 1 N–H and O–H groups in total. The smallest absolute Gasteiger partial charge is 0.229 e. The number of fused-ring (bicyclic) bond motifs is 3. The van der Waals surface area contributed by atoms with Gasteiger partial charge in [-0.3, -0.25) is 0 Å². The Balaban J connectivity index is 1.71. The van der Waals surface area contributed by atoms with Gasteiger partial charge in [0.25, 0.3) is 0 Å². The Labute approximate surface area is 178 Å². The second kappa shape index (κ2) is 7.01. The van der Waals surface area contributed by atoms with Gasteiger partial charge in [0.1, 0.15) is 5.82 Å². The SMILES string of the molecule is O=S(=O)(c1ccc(Cl)cc1)c1nnn2c1nc(Nc1cccc(F)c1)c1sccc12. The molecule has 0 unspecified atom stereocenters. The largest absolute Gasteiger partial charge is 0.339 e. The highest BCUT2D eigenvalue weighted by atomic mass is 35.5. The normalized spacial score (nSPS) is 11.9. The van der Waals surface area contributed by atoms with Crippen molar-refractivity contribution in [3.8, 4) is 0 Å². The molecule has 3 heterocycles. The molecule has 0 saturated heterocycles. The van der Waals surface area contributed by atoms with Gasteiger partial charge in [-0.2, -0.15) is 4.52 Å². The monoisotopic (exact) mass is 459 g/mol. The highest BCUT2D eigenvalue weighted by Crippen LogP contribution is 2.32. The molecule has 0 aliphatic carbocycles. The lowest BCUT2D eigenvalue weighted by Crippen LogP contribution is -2.05. The molecule has 0 aliphatic rings. The van der Waals surface area contributed by atoms with E-state index in [0.717, 1.165) is 4.70 Å². The van der Waals surface area contributed by atoms with Crippen LogP contribution in [-0.4, -0.2) is 28.2 Å². The first-order chi connectivity index (χ1) is 14.4. The van der Waals surface area contributed by atoms with Crippen molar-refractivity contribution in [2.24, 2.45) is 0 Å².